The Hall–Kier alpha value is -1.13. The van der Waals surface area contributed by atoms with Crippen LogP contribution in [0.1, 0.15) is 27.7 Å². The largest absolute Gasteiger partial charge is 0.294 e. The molecule has 0 aliphatic heterocycles. The van der Waals surface area contributed by atoms with Crippen LogP contribution < -0.4 is 0 Å². The third-order valence-corrected chi connectivity index (χ3v) is 1.57. The van der Waals surface area contributed by atoms with E-state index in [1.807, 2.05) is 0 Å². The van der Waals surface area contributed by atoms with Crippen LogP contribution in [0.4, 0.5) is 0 Å². The molecule has 12 heavy (non-hydrogen) atoms. The lowest BCUT2D eigenvalue weighted by Crippen LogP contribution is -2.43. The Morgan fingerprint density at radius 1 is 0.917 bits per heavy atom. The maximum atomic E-state index is 11.4. The highest BCUT2D eigenvalue weighted by molar-refractivity contribution is 5.95. The van der Waals surface area contributed by atoms with E-state index in [2.05, 4.69) is 10.4 Å². The minimum atomic E-state index is -1.38. The van der Waals surface area contributed by atoms with Crippen molar-refractivity contribution in [1.82, 2.24) is 0 Å². The van der Waals surface area contributed by atoms with Gasteiger partial charge in [-0.1, -0.05) is 10.4 Å². The number of nitroso groups, excluding NO2 is 2. The van der Waals surface area contributed by atoms with Crippen molar-refractivity contribution < 1.29 is 4.79 Å². The van der Waals surface area contributed by atoms with Crippen molar-refractivity contribution >= 4 is 5.78 Å². The van der Waals surface area contributed by atoms with E-state index in [4.69, 9.17) is 0 Å². The van der Waals surface area contributed by atoms with E-state index in [0.717, 1.165) is 0 Å². The van der Waals surface area contributed by atoms with Gasteiger partial charge in [-0.3, -0.25) is 4.79 Å². The SMILES string of the molecule is CC(C)(N=O)C(=O)C(C)(C)N=O. The summed E-state index contributed by atoms with van der Waals surface area (Å²) < 4.78 is 0. The second-order valence-electron chi connectivity index (χ2n) is 3.63. The molecule has 0 N–H and O–H groups in total. The fourth-order valence-corrected chi connectivity index (χ4v) is 0.832. The second-order valence-corrected chi connectivity index (χ2v) is 3.63. The summed E-state index contributed by atoms with van der Waals surface area (Å²) in [4.78, 5) is 31.8. The molecule has 0 unspecified atom stereocenters. The van der Waals surface area contributed by atoms with Crippen LogP contribution in [0.2, 0.25) is 0 Å². The first-order chi connectivity index (χ1) is 5.28. The second kappa shape index (κ2) is 3.08. The molecule has 0 radical (unpaired) electrons. The topological polar surface area (TPSA) is 75.9 Å². The van der Waals surface area contributed by atoms with Gasteiger partial charge in [-0.2, -0.15) is 0 Å². The molecule has 0 aromatic heterocycles. The molecule has 0 aromatic carbocycles. The minimum absolute atomic E-state index is 0.569. The first-order valence-corrected chi connectivity index (χ1v) is 3.52. The predicted octanol–water partition coefficient (Wildman–Crippen LogP) is 1.65. The molecule has 0 spiro atoms. The molecule has 0 aliphatic carbocycles. The highest BCUT2D eigenvalue weighted by Crippen LogP contribution is 2.21. The minimum Gasteiger partial charge on any atom is -0.294 e. The van der Waals surface area contributed by atoms with Crippen molar-refractivity contribution in [2.45, 2.75) is 38.8 Å². The van der Waals surface area contributed by atoms with Gasteiger partial charge in [0.05, 0.1) is 0 Å². The number of hydrogen-bond acceptors (Lipinski definition) is 5. The zero-order valence-electron chi connectivity index (χ0n) is 7.62. The molecule has 0 saturated carbocycles. The summed E-state index contributed by atoms with van der Waals surface area (Å²) in [7, 11) is 0. The fraction of sp³-hybridized carbons (Fsp3) is 0.857. The number of carbonyl (C=O) groups excluding carboxylic acids is 1. The summed E-state index contributed by atoms with van der Waals surface area (Å²) in [6, 6.07) is 0. The Morgan fingerprint density at radius 3 is 1.33 bits per heavy atom. The molecule has 5 heteroatoms. The quantitative estimate of drug-likeness (QED) is 0.605. The Balaban J connectivity index is 4.83. The van der Waals surface area contributed by atoms with E-state index in [9.17, 15) is 14.6 Å². The van der Waals surface area contributed by atoms with Gasteiger partial charge in [-0.15, -0.1) is 9.81 Å². The third-order valence-electron chi connectivity index (χ3n) is 1.57. The zero-order chi connectivity index (χ0) is 9.99. The third kappa shape index (κ3) is 1.93. The van der Waals surface area contributed by atoms with Crippen LogP contribution in [-0.4, -0.2) is 16.9 Å². The van der Waals surface area contributed by atoms with E-state index in [0.29, 0.717) is 0 Å². The van der Waals surface area contributed by atoms with Crippen LogP contribution in [-0.2, 0) is 4.79 Å². The van der Waals surface area contributed by atoms with Crippen molar-refractivity contribution in [2.24, 2.45) is 10.4 Å². The maximum Gasteiger partial charge on any atom is 0.193 e. The number of Topliss-reactive ketones (excluding diaryl/α,β-unsaturated/α-hetero) is 1. The molecule has 0 bridgehead atoms. The van der Waals surface area contributed by atoms with Crippen LogP contribution in [0.5, 0.6) is 0 Å². The molecule has 0 amide bonds. The Bertz CT molecular complexity index is 199. The summed E-state index contributed by atoms with van der Waals surface area (Å²) in [6.07, 6.45) is 0. The average Bonchev–Trinajstić information content (AvgIpc) is 2.03. The van der Waals surface area contributed by atoms with E-state index in [1.54, 1.807) is 0 Å². The van der Waals surface area contributed by atoms with E-state index in [-0.39, 0.29) is 0 Å². The van der Waals surface area contributed by atoms with E-state index >= 15 is 0 Å². The highest BCUT2D eigenvalue weighted by Gasteiger charge is 2.41. The zero-order valence-corrected chi connectivity index (χ0v) is 7.62. The fourth-order valence-electron chi connectivity index (χ4n) is 0.832. The van der Waals surface area contributed by atoms with Crippen molar-refractivity contribution in [3.8, 4) is 0 Å². The van der Waals surface area contributed by atoms with Gasteiger partial charge in [0.15, 0.2) is 16.9 Å². The Labute approximate surface area is 70.5 Å². The standard InChI is InChI=1S/C7H12N2O3/c1-6(2,8-11)5(10)7(3,4)9-12/h1-4H3. The van der Waals surface area contributed by atoms with Gasteiger partial charge in [0.1, 0.15) is 0 Å². The van der Waals surface area contributed by atoms with Crippen molar-refractivity contribution in [3.05, 3.63) is 9.81 Å². The summed E-state index contributed by atoms with van der Waals surface area (Å²) in [5.74, 6) is -0.569. The van der Waals surface area contributed by atoms with Gasteiger partial charge in [0, 0.05) is 0 Å². The Morgan fingerprint density at radius 2 is 1.17 bits per heavy atom. The molecule has 0 heterocycles. The van der Waals surface area contributed by atoms with Crippen LogP contribution in [0.25, 0.3) is 0 Å². The molecular weight excluding hydrogens is 160 g/mol. The molecule has 0 fully saturated rings. The summed E-state index contributed by atoms with van der Waals surface area (Å²) in [5.41, 5.74) is -2.76. The number of carbonyl (C=O) groups is 1. The summed E-state index contributed by atoms with van der Waals surface area (Å²) in [5, 5.41) is 5.27. The highest BCUT2D eigenvalue weighted by atomic mass is 16.3. The number of rotatable bonds is 4. The molecule has 0 atom stereocenters. The number of nitrogens with zero attached hydrogens (tertiary/aromatic N) is 2. The van der Waals surface area contributed by atoms with E-state index < -0.39 is 16.9 Å². The first kappa shape index (κ1) is 10.9. The summed E-state index contributed by atoms with van der Waals surface area (Å²) in [6.45, 7) is 5.43. The van der Waals surface area contributed by atoms with Gasteiger partial charge in [-0.05, 0) is 27.7 Å². The maximum absolute atomic E-state index is 11.4. The molecule has 0 rings (SSSR count). The smallest absolute Gasteiger partial charge is 0.193 e. The molecule has 0 saturated heterocycles. The van der Waals surface area contributed by atoms with E-state index in [1.165, 1.54) is 27.7 Å². The number of ketones is 1. The van der Waals surface area contributed by atoms with Gasteiger partial charge >= 0.3 is 0 Å². The molecule has 5 nitrogen and oxygen atoms in total. The van der Waals surface area contributed by atoms with Crippen molar-refractivity contribution in [3.63, 3.8) is 0 Å². The molecular formula is C7H12N2O3. The van der Waals surface area contributed by atoms with Crippen LogP contribution in [0, 0.1) is 9.81 Å². The molecule has 68 valence electrons. The van der Waals surface area contributed by atoms with Crippen LogP contribution in [0.3, 0.4) is 0 Å². The average molecular weight is 172 g/mol. The summed E-state index contributed by atoms with van der Waals surface area (Å²) >= 11 is 0. The lowest BCUT2D eigenvalue weighted by atomic mass is 9.87. The predicted molar refractivity (Wildman–Crippen MR) is 44.8 cm³/mol. The monoisotopic (exact) mass is 172 g/mol. The number of hydrogen-bond donors (Lipinski definition) is 0. The van der Waals surface area contributed by atoms with Crippen molar-refractivity contribution in [2.75, 3.05) is 0 Å². The van der Waals surface area contributed by atoms with Crippen molar-refractivity contribution in [1.29, 1.82) is 0 Å². The molecule has 0 aromatic rings. The Kier molecular flexibility index (Phi) is 2.79. The lowest BCUT2D eigenvalue weighted by molar-refractivity contribution is -0.127. The van der Waals surface area contributed by atoms with Gasteiger partial charge in [0.25, 0.3) is 0 Å². The lowest BCUT2D eigenvalue weighted by Gasteiger charge is -2.21. The van der Waals surface area contributed by atoms with Gasteiger partial charge in [0.2, 0.25) is 0 Å². The van der Waals surface area contributed by atoms with Crippen LogP contribution >= 0.6 is 0 Å². The van der Waals surface area contributed by atoms with Gasteiger partial charge < -0.3 is 0 Å². The normalized spacial score (nSPS) is 12.3. The van der Waals surface area contributed by atoms with Gasteiger partial charge in [-0.25, -0.2) is 0 Å². The molecule has 0 aliphatic rings. The first-order valence-electron chi connectivity index (χ1n) is 3.52. The van der Waals surface area contributed by atoms with Crippen LogP contribution in [0.15, 0.2) is 10.4 Å².